The van der Waals surface area contributed by atoms with Gasteiger partial charge in [-0.3, -0.25) is 14.5 Å². The normalized spacial score (nSPS) is 17.6. The van der Waals surface area contributed by atoms with E-state index in [1.165, 1.54) is 18.9 Å². The summed E-state index contributed by atoms with van der Waals surface area (Å²) in [6, 6.07) is 15.6. The Labute approximate surface area is 188 Å². The van der Waals surface area contributed by atoms with E-state index in [2.05, 4.69) is 21.6 Å². The standard InChI is InChI=1S/C25H28ClN3O2/c26-21-5-3-4-20(16-21)23(29-14-1-2-15-29)17-27-24(30)13-8-18-6-9-19(10-7-18)25(31)28-22-11-12-22/h3-10,13,16,22-23H,1-2,11-12,14-15,17H2,(H,27,30)(H,28,31). The maximum absolute atomic E-state index is 12.4. The van der Waals surface area contributed by atoms with Gasteiger partial charge in [0.15, 0.2) is 0 Å². The molecule has 1 aliphatic carbocycles. The number of nitrogens with zero attached hydrogens (tertiary/aromatic N) is 1. The lowest BCUT2D eigenvalue weighted by Crippen LogP contribution is -2.36. The van der Waals surface area contributed by atoms with Crippen LogP contribution in [0.5, 0.6) is 0 Å². The van der Waals surface area contributed by atoms with Gasteiger partial charge in [-0.05, 0) is 80.2 Å². The molecule has 6 heteroatoms. The molecule has 31 heavy (non-hydrogen) atoms. The zero-order valence-electron chi connectivity index (χ0n) is 17.5. The summed E-state index contributed by atoms with van der Waals surface area (Å²) in [5, 5.41) is 6.72. The van der Waals surface area contributed by atoms with Crippen molar-refractivity contribution < 1.29 is 9.59 Å². The van der Waals surface area contributed by atoms with Crippen molar-refractivity contribution in [2.75, 3.05) is 19.6 Å². The minimum atomic E-state index is -0.137. The van der Waals surface area contributed by atoms with Crippen LogP contribution in [0.3, 0.4) is 0 Å². The monoisotopic (exact) mass is 437 g/mol. The Hall–Kier alpha value is -2.63. The molecular formula is C25H28ClN3O2. The number of carbonyl (C=O) groups excluding carboxylic acids is 2. The first-order valence-corrected chi connectivity index (χ1v) is 11.3. The summed E-state index contributed by atoms with van der Waals surface area (Å²) in [6.07, 6.45) is 7.80. The van der Waals surface area contributed by atoms with Gasteiger partial charge in [0, 0.05) is 29.2 Å². The average molecular weight is 438 g/mol. The van der Waals surface area contributed by atoms with E-state index in [1.807, 2.05) is 30.3 Å². The van der Waals surface area contributed by atoms with Crippen molar-refractivity contribution in [3.8, 4) is 0 Å². The molecule has 0 radical (unpaired) electrons. The van der Waals surface area contributed by atoms with Gasteiger partial charge in [0.05, 0.1) is 6.04 Å². The minimum Gasteiger partial charge on any atom is -0.351 e. The molecule has 0 bridgehead atoms. The lowest BCUT2D eigenvalue weighted by molar-refractivity contribution is -0.116. The van der Waals surface area contributed by atoms with Gasteiger partial charge >= 0.3 is 0 Å². The third-order valence-electron chi connectivity index (χ3n) is 5.80. The van der Waals surface area contributed by atoms with Crippen molar-refractivity contribution in [1.29, 1.82) is 0 Å². The van der Waals surface area contributed by atoms with E-state index in [0.717, 1.165) is 37.1 Å². The summed E-state index contributed by atoms with van der Waals surface area (Å²) < 4.78 is 0. The van der Waals surface area contributed by atoms with E-state index in [0.29, 0.717) is 23.2 Å². The van der Waals surface area contributed by atoms with Crippen molar-refractivity contribution >= 4 is 29.5 Å². The van der Waals surface area contributed by atoms with Crippen molar-refractivity contribution in [3.05, 3.63) is 76.3 Å². The van der Waals surface area contributed by atoms with Gasteiger partial charge in [-0.2, -0.15) is 0 Å². The Morgan fingerprint density at radius 3 is 2.52 bits per heavy atom. The summed E-state index contributed by atoms with van der Waals surface area (Å²) >= 11 is 6.19. The van der Waals surface area contributed by atoms with E-state index in [1.54, 1.807) is 18.2 Å². The van der Waals surface area contributed by atoms with Crippen LogP contribution in [0.4, 0.5) is 0 Å². The molecule has 2 N–H and O–H groups in total. The summed E-state index contributed by atoms with van der Waals surface area (Å²) in [6.45, 7) is 2.59. The van der Waals surface area contributed by atoms with E-state index >= 15 is 0 Å². The van der Waals surface area contributed by atoms with E-state index in [-0.39, 0.29) is 17.9 Å². The Morgan fingerprint density at radius 1 is 1.10 bits per heavy atom. The summed E-state index contributed by atoms with van der Waals surface area (Å²) in [7, 11) is 0. The predicted octanol–water partition coefficient (Wildman–Crippen LogP) is 4.20. The average Bonchev–Trinajstić information content (AvgIpc) is 3.42. The molecule has 2 amide bonds. The highest BCUT2D eigenvalue weighted by Crippen LogP contribution is 2.26. The first-order chi connectivity index (χ1) is 15.1. The molecule has 4 rings (SSSR count). The smallest absolute Gasteiger partial charge is 0.251 e. The molecule has 5 nitrogen and oxygen atoms in total. The van der Waals surface area contributed by atoms with Crippen LogP contribution in [-0.4, -0.2) is 42.4 Å². The molecule has 1 saturated carbocycles. The molecule has 1 atom stereocenters. The van der Waals surface area contributed by atoms with Crippen molar-refractivity contribution in [3.63, 3.8) is 0 Å². The van der Waals surface area contributed by atoms with E-state index in [4.69, 9.17) is 11.6 Å². The SMILES string of the molecule is O=C(C=Cc1ccc(C(=O)NC2CC2)cc1)NCC(c1cccc(Cl)c1)N1CCCC1. The summed E-state index contributed by atoms with van der Waals surface area (Å²) in [5.41, 5.74) is 2.64. The molecule has 2 fully saturated rings. The Bertz CT molecular complexity index is 947. The van der Waals surface area contributed by atoms with Gasteiger partial charge in [-0.1, -0.05) is 35.9 Å². The molecule has 0 aromatic heterocycles. The number of likely N-dealkylation sites (tertiary alicyclic amines) is 1. The third-order valence-corrected chi connectivity index (χ3v) is 6.03. The molecule has 2 aliphatic rings. The van der Waals surface area contributed by atoms with Gasteiger partial charge in [-0.25, -0.2) is 0 Å². The van der Waals surface area contributed by atoms with Crippen LogP contribution >= 0.6 is 11.6 Å². The van der Waals surface area contributed by atoms with Crippen LogP contribution in [0.25, 0.3) is 6.08 Å². The predicted molar refractivity (Wildman–Crippen MR) is 124 cm³/mol. The first kappa shape index (κ1) is 21.6. The highest BCUT2D eigenvalue weighted by Gasteiger charge is 2.24. The zero-order chi connectivity index (χ0) is 21.6. The van der Waals surface area contributed by atoms with Crippen molar-refractivity contribution in [1.82, 2.24) is 15.5 Å². The molecule has 1 saturated heterocycles. The third kappa shape index (κ3) is 6.18. The molecular weight excluding hydrogens is 410 g/mol. The summed E-state index contributed by atoms with van der Waals surface area (Å²) in [4.78, 5) is 26.9. The lowest BCUT2D eigenvalue weighted by Gasteiger charge is -2.28. The van der Waals surface area contributed by atoms with Gasteiger partial charge < -0.3 is 10.6 Å². The number of carbonyl (C=O) groups is 2. The van der Waals surface area contributed by atoms with Crippen LogP contribution in [0.15, 0.2) is 54.6 Å². The fourth-order valence-corrected chi connectivity index (χ4v) is 4.09. The number of hydrogen-bond acceptors (Lipinski definition) is 3. The second kappa shape index (κ2) is 10.1. The molecule has 1 aliphatic heterocycles. The Kier molecular flexibility index (Phi) is 7.05. The minimum absolute atomic E-state index is 0.0373. The Morgan fingerprint density at radius 2 is 1.84 bits per heavy atom. The van der Waals surface area contributed by atoms with Crippen LogP contribution in [0, 0.1) is 0 Å². The van der Waals surface area contributed by atoms with Crippen LogP contribution in [0.2, 0.25) is 5.02 Å². The topological polar surface area (TPSA) is 61.4 Å². The second-order valence-corrected chi connectivity index (χ2v) is 8.70. The lowest BCUT2D eigenvalue weighted by atomic mass is 10.1. The maximum atomic E-state index is 12.4. The number of amides is 2. The molecule has 162 valence electrons. The van der Waals surface area contributed by atoms with Crippen LogP contribution in [0.1, 0.15) is 53.2 Å². The number of hydrogen-bond donors (Lipinski definition) is 2. The van der Waals surface area contributed by atoms with Crippen LogP contribution < -0.4 is 10.6 Å². The maximum Gasteiger partial charge on any atom is 0.251 e. The Balaban J connectivity index is 1.33. The molecule has 0 spiro atoms. The van der Waals surface area contributed by atoms with Crippen molar-refractivity contribution in [2.24, 2.45) is 0 Å². The quantitative estimate of drug-likeness (QED) is 0.608. The first-order valence-electron chi connectivity index (χ1n) is 10.9. The number of nitrogens with one attached hydrogen (secondary N) is 2. The van der Waals surface area contributed by atoms with Gasteiger partial charge in [0.2, 0.25) is 5.91 Å². The largest absolute Gasteiger partial charge is 0.351 e. The highest BCUT2D eigenvalue weighted by atomic mass is 35.5. The van der Waals surface area contributed by atoms with E-state index in [9.17, 15) is 9.59 Å². The molecule has 1 heterocycles. The number of halogens is 1. The second-order valence-electron chi connectivity index (χ2n) is 8.26. The fourth-order valence-electron chi connectivity index (χ4n) is 3.90. The highest BCUT2D eigenvalue weighted by molar-refractivity contribution is 6.30. The molecule has 2 aromatic rings. The van der Waals surface area contributed by atoms with Crippen LogP contribution in [-0.2, 0) is 4.79 Å². The number of rotatable bonds is 8. The van der Waals surface area contributed by atoms with Gasteiger partial charge in [0.25, 0.3) is 5.91 Å². The molecule has 2 aromatic carbocycles. The fraction of sp³-hybridized carbons (Fsp3) is 0.360. The van der Waals surface area contributed by atoms with E-state index < -0.39 is 0 Å². The molecule has 1 unspecified atom stereocenters. The summed E-state index contributed by atoms with van der Waals surface area (Å²) in [5.74, 6) is -0.175. The van der Waals surface area contributed by atoms with Crippen molar-refractivity contribution in [2.45, 2.75) is 37.8 Å². The number of benzene rings is 2. The van der Waals surface area contributed by atoms with Gasteiger partial charge in [-0.15, -0.1) is 0 Å². The van der Waals surface area contributed by atoms with Gasteiger partial charge in [0.1, 0.15) is 0 Å². The zero-order valence-corrected chi connectivity index (χ0v) is 18.3.